The van der Waals surface area contributed by atoms with Crippen LogP contribution in [0.2, 0.25) is 0 Å². The molecule has 0 bridgehead atoms. The molecular formula is C10H11N3O2. The van der Waals surface area contributed by atoms with Crippen molar-refractivity contribution in [3.63, 3.8) is 0 Å². The van der Waals surface area contributed by atoms with Crippen LogP contribution in [0.15, 0.2) is 35.3 Å². The maximum atomic E-state index is 11.3. The van der Waals surface area contributed by atoms with Crippen LogP contribution in [0.25, 0.3) is 5.69 Å². The minimum absolute atomic E-state index is 0.104. The molecule has 0 spiro atoms. The van der Waals surface area contributed by atoms with E-state index in [1.807, 2.05) is 0 Å². The fraction of sp³-hybridized carbons (Fsp3) is 0.100. The molecule has 0 radical (unpaired) electrons. The number of hydrogen-bond donors (Lipinski definition) is 3. The summed E-state index contributed by atoms with van der Waals surface area (Å²) in [5.41, 5.74) is 6.16. The van der Waals surface area contributed by atoms with E-state index < -0.39 is 0 Å². The second-order valence-corrected chi connectivity index (χ2v) is 3.16. The number of rotatable bonds is 2. The predicted octanol–water partition coefficient (Wildman–Crippen LogP) is 0.330. The average molecular weight is 205 g/mol. The van der Waals surface area contributed by atoms with Gasteiger partial charge in [0.05, 0.1) is 5.56 Å². The Bertz CT molecular complexity index is 527. The van der Waals surface area contributed by atoms with E-state index in [-0.39, 0.29) is 17.9 Å². The number of benzene rings is 1. The Labute approximate surface area is 85.8 Å². The number of aromatic hydroxyl groups is 1. The lowest BCUT2D eigenvalue weighted by molar-refractivity contribution is 0.470. The van der Waals surface area contributed by atoms with Crippen molar-refractivity contribution in [1.82, 2.24) is 9.78 Å². The Balaban J connectivity index is 2.55. The fourth-order valence-electron chi connectivity index (χ4n) is 1.37. The summed E-state index contributed by atoms with van der Waals surface area (Å²) in [6, 6.07) is 6.74. The van der Waals surface area contributed by atoms with Gasteiger partial charge in [-0.15, -0.1) is 0 Å². The first-order valence-corrected chi connectivity index (χ1v) is 4.51. The number of para-hydroxylation sites is 2. The molecule has 78 valence electrons. The monoisotopic (exact) mass is 205 g/mol. The molecule has 1 heterocycles. The second-order valence-electron chi connectivity index (χ2n) is 3.16. The highest BCUT2D eigenvalue weighted by molar-refractivity contribution is 5.44. The van der Waals surface area contributed by atoms with Crippen LogP contribution >= 0.6 is 0 Å². The number of phenols is 1. The molecular weight excluding hydrogens is 194 g/mol. The lowest BCUT2D eigenvalue weighted by Gasteiger charge is -2.03. The molecule has 2 rings (SSSR count). The number of nitrogens with one attached hydrogen (secondary N) is 1. The highest BCUT2D eigenvalue weighted by atomic mass is 16.3. The van der Waals surface area contributed by atoms with Crippen molar-refractivity contribution in [3.8, 4) is 11.4 Å². The van der Waals surface area contributed by atoms with E-state index in [1.54, 1.807) is 30.5 Å². The van der Waals surface area contributed by atoms with Crippen molar-refractivity contribution in [2.75, 3.05) is 0 Å². The molecule has 0 fully saturated rings. The third kappa shape index (κ3) is 1.64. The van der Waals surface area contributed by atoms with Crippen LogP contribution in [0.5, 0.6) is 5.75 Å². The average Bonchev–Trinajstić information content (AvgIpc) is 2.60. The van der Waals surface area contributed by atoms with Crippen molar-refractivity contribution < 1.29 is 5.11 Å². The van der Waals surface area contributed by atoms with E-state index in [9.17, 15) is 9.90 Å². The summed E-state index contributed by atoms with van der Waals surface area (Å²) in [4.78, 5) is 11.3. The van der Waals surface area contributed by atoms with Gasteiger partial charge in [-0.05, 0) is 12.1 Å². The van der Waals surface area contributed by atoms with Gasteiger partial charge < -0.3 is 10.8 Å². The number of H-pyrrole nitrogens is 1. The van der Waals surface area contributed by atoms with Crippen molar-refractivity contribution >= 4 is 0 Å². The zero-order chi connectivity index (χ0) is 10.8. The quantitative estimate of drug-likeness (QED) is 0.660. The van der Waals surface area contributed by atoms with Crippen molar-refractivity contribution in [2.45, 2.75) is 6.54 Å². The molecule has 5 heteroatoms. The van der Waals surface area contributed by atoms with E-state index in [0.29, 0.717) is 11.3 Å². The second kappa shape index (κ2) is 3.62. The summed E-state index contributed by atoms with van der Waals surface area (Å²) in [5, 5.41) is 12.1. The lowest BCUT2D eigenvalue weighted by Crippen LogP contribution is -2.10. The van der Waals surface area contributed by atoms with Crippen LogP contribution in [-0.2, 0) is 6.54 Å². The van der Waals surface area contributed by atoms with Gasteiger partial charge in [-0.25, -0.2) is 0 Å². The Morgan fingerprint density at radius 3 is 2.73 bits per heavy atom. The van der Waals surface area contributed by atoms with Crippen molar-refractivity contribution in [2.24, 2.45) is 5.73 Å². The third-order valence-electron chi connectivity index (χ3n) is 2.16. The molecule has 0 aliphatic rings. The predicted molar refractivity (Wildman–Crippen MR) is 55.9 cm³/mol. The van der Waals surface area contributed by atoms with Crippen molar-refractivity contribution in [3.05, 3.63) is 46.4 Å². The summed E-state index contributed by atoms with van der Waals surface area (Å²) in [5.74, 6) is 0.104. The van der Waals surface area contributed by atoms with Gasteiger partial charge in [-0.2, -0.15) is 0 Å². The van der Waals surface area contributed by atoms with Crippen LogP contribution in [-0.4, -0.2) is 14.9 Å². The molecule has 0 aliphatic carbocycles. The molecule has 0 unspecified atom stereocenters. The Hall–Kier alpha value is -2.01. The normalized spacial score (nSPS) is 10.5. The zero-order valence-corrected chi connectivity index (χ0v) is 7.97. The smallest absolute Gasteiger partial charge is 0.268 e. The van der Waals surface area contributed by atoms with Crippen molar-refractivity contribution in [1.29, 1.82) is 0 Å². The molecule has 0 atom stereocenters. The van der Waals surface area contributed by atoms with E-state index in [4.69, 9.17) is 5.73 Å². The molecule has 0 saturated heterocycles. The number of nitrogens with two attached hydrogens (primary N) is 1. The fourth-order valence-corrected chi connectivity index (χ4v) is 1.37. The third-order valence-corrected chi connectivity index (χ3v) is 2.16. The van der Waals surface area contributed by atoms with Gasteiger partial charge in [0.15, 0.2) is 0 Å². The van der Waals surface area contributed by atoms with Crippen LogP contribution in [0.1, 0.15) is 5.56 Å². The minimum Gasteiger partial charge on any atom is -0.506 e. The molecule has 2 aromatic rings. The minimum atomic E-state index is -0.235. The topological polar surface area (TPSA) is 84.0 Å². The first-order chi connectivity index (χ1) is 7.22. The molecule has 0 amide bonds. The number of hydrogen-bond acceptors (Lipinski definition) is 3. The van der Waals surface area contributed by atoms with E-state index >= 15 is 0 Å². The molecule has 1 aromatic carbocycles. The van der Waals surface area contributed by atoms with Gasteiger partial charge in [0.2, 0.25) is 0 Å². The zero-order valence-electron chi connectivity index (χ0n) is 7.97. The Kier molecular flexibility index (Phi) is 2.31. The highest BCUT2D eigenvalue weighted by Gasteiger charge is 2.06. The van der Waals surface area contributed by atoms with E-state index in [0.717, 1.165) is 0 Å². The summed E-state index contributed by atoms with van der Waals surface area (Å²) in [6.45, 7) is 0.177. The molecule has 4 N–H and O–H groups in total. The van der Waals surface area contributed by atoms with Crippen LogP contribution in [0.4, 0.5) is 0 Å². The maximum absolute atomic E-state index is 11.3. The van der Waals surface area contributed by atoms with Gasteiger partial charge in [0.1, 0.15) is 11.4 Å². The number of aromatic nitrogens is 2. The van der Waals surface area contributed by atoms with Gasteiger partial charge in [0, 0.05) is 12.7 Å². The summed E-state index contributed by atoms with van der Waals surface area (Å²) < 4.78 is 1.46. The van der Waals surface area contributed by atoms with Gasteiger partial charge in [0.25, 0.3) is 5.56 Å². The standard InChI is InChI=1S/C10H11N3O2/c11-5-7-6-13(12-10(7)15)8-3-1-2-4-9(8)14/h1-4,6,14H,5,11H2,(H,12,15). The molecule has 1 aromatic heterocycles. The summed E-state index contributed by atoms with van der Waals surface area (Å²) >= 11 is 0. The number of nitrogens with zero attached hydrogens (tertiary/aromatic N) is 1. The summed E-state index contributed by atoms with van der Waals surface area (Å²) in [7, 11) is 0. The van der Waals surface area contributed by atoms with Gasteiger partial charge in [-0.3, -0.25) is 14.6 Å². The first kappa shape index (κ1) is 9.54. The van der Waals surface area contributed by atoms with Crippen LogP contribution < -0.4 is 11.3 Å². The molecule has 5 nitrogen and oxygen atoms in total. The van der Waals surface area contributed by atoms with Crippen LogP contribution in [0, 0.1) is 0 Å². The lowest BCUT2D eigenvalue weighted by atomic mass is 10.3. The number of phenolic OH excluding ortho intramolecular Hbond substituents is 1. The largest absolute Gasteiger partial charge is 0.506 e. The van der Waals surface area contributed by atoms with Crippen LogP contribution in [0.3, 0.4) is 0 Å². The summed E-state index contributed by atoms with van der Waals surface area (Å²) in [6.07, 6.45) is 1.58. The molecule has 15 heavy (non-hydrogen) atoms. The SMILES string of the molecule is NCc1cn(-c2ccccc2O)[nH]c1=O. The number of aromatic amines is 1. The van der Waals surface area contributed by atoms with Gasteiger partial charge in [-0.1, -0.05) is 12.1 Å². The molecule has 0 aliphatic heterocycles. The van der Waals surface area contributed by atoms with E-state index in [2.05, 4.69) is 5.10 Å². The van der Waals surface area contributed by atoms with E-state index in [1.165, 1.54) is 4.68 Å². The Morgan fingerprint density at radius 1 is 1.40 bits per heavy atom. The maximum Gasteiger partial charge on any atom is 0.268 e. The highest BCUT2D eigenvalue weighted by Crippen LogP contribution is 2.19. The Morgan fingerprint density at radius 2 is 2.13 bits per heavy atom. The molecule has 0 saturated carbocycles. The van der Waals surface area contributed by atoms with Gasteiger partial charge >= 0.3 is 0 Å². The first-order valence-electron chi connectivity index (χ1n) is 4.51.